The Morgan fingerprint density at radius 1 is 0.459 bits per heavy atom. The lowest BCUT2D eigenvalue weighted by Crippen LogP contribution is -2.60. The first-order valence-corrected chi connectivity index (χ1v) is 32.2. The van der Waals surface area contributed by atoms with Gasteiger partial charge in [0, 0.05) is 6.42 Å². The number of amides is 1. The van der Waals surface area contributed by atoms with E-state index in [9.17, 15) is 30.3 Å². The molecule has 1 fully saturated rings. The van der Waals surface area contributed by atoms with Crippen LogP contribution in [0.1, 0.15) is 316 Å². The second-order valence-corrected chi connectivity index (χ2v) is 22.6. The Bertz CT molecular complexity index is 1260. The zero-order valence-electron chi connectivity index (χ0n) is 48.6. The summed E-state index contributed by atoms with van der Waals surface area (Å²) in [6.45, 7) is 3.80. The summed E-state index contributed by atoms with van der Waals surface area (Å²) in [7, 11) is 0. The molecule has 9 heteroatoms. The van der Waals surface area contributed by atoms with Crippen molar-refractivity contribution in [3.05, 3.63) is 36.5 Å². The number of carbonyl (C=O) groups is 1. The number of aliphatic hydroxyl groups is 5. The standard InChI is InChI=1S/C65H123NO8/c1-3-5-7-9-11-13-15-17-19-21-22-23-24-25-26-27-28-29-30-31-32-33-34-35-36-37-38-39-41-43-45-47-49-51-53-55-61(69)66-58(57-73-65-64(72)63(71)62(70)60(56-67)74-65)59(68)54-52-50-48-46-44-42-40-20-18-16-14-12-10-8-6-4-2/h15,17,21-22,52,54,58-60,62-65,67-68,70-72H,3-14,16,18-20,23-51,53,55-57H2,1-2H3,(H,66,69)/b17-15-,22-21-,54-52+. The van der Waals surface area contributed by atoms with Crippen LogP contribution in [0.15, 0.2) is 36.5 Å². The van der Waals surface area contributed by atoms with Gasteiger partial charge in [-0.25, -0.2) is 0 Å². The first-order chi connectivity index (χ1) is 36.3. The first kappa shape index (κ1) is 70.4. The fourth-order valence-electron chi connectivity index (χ4n) is 10.4. The second kappa shape index (κ2) is 54.8. The molecule has 7 unspecified atom stereocenters. The van der Waals surface area contributed by atoms with Crippen molar-refractivity contribution in [1.29, 1.82) is 0 Å². The average molecular weight is 1050 g/mol. The van der Waals surface area contributed by atoms with Gasteiger partial charge >= 0.3 is 0 Å². The molecule has 6 N–H and O–H groups in total. The van der Waals surface area contributed by atoms with Crippen LogP contribution in [0.5, 0.6) is 0 Å². The number of allylic oxidation sites excluding steroid dienone is 5. The van der Waals surface area contributed by atoms with Crippen molar-refractivity contribution >= 4 is 5.91 Å². The minimum absolute atomic E-state index is 0.171. The Morgan fingerprint density at radius 2 is 0.797 bits per heavy atom. The van der Waals surface area contributed by atoms with Gasteiger partial charge in [-0.1, -0.05) is 294 Å². The van der Waals surface area contributed by atoms with Crippen LogP contribution in [0.4, 0.5) is 0 Å². The third-order valence-corrected chi connectivity index (χ3v) is 15.5. The summed E-state index contributed by atoms with van der Waals surface area (Å²) in [5, 5.41) is 54.6. The fraction of sp³-hybridized carbons (Fsp3) is 0.892. The van der Waals surface area contributed by atoms with E-state index in [-0.39, 0.29) is 12.5 Å². The van der Waals surface area contributed by atoms with Crippen molar-refractivity contribution in [2.45, 2.75) is 358 Å². The number of hydrogen-bond donors (Lipinski definition) is 6. The van der Waals surface area contributed by atoms with Crippen molar-refractivity contribution in [1.82, 2.24) is 5.32 Å². The van der Waals surface area contributed by atoms with Gasteiger partial charge in [-0.15, -0.1) is 0 Å². The molecule has 1 heterocycles. The van der Waals surface area contributed by atoms with Crippen molar-refractivity contribution in [3.63, 3.8) is 0 Å². The normalized spacial score (nSPS) is 19.1. The summed E-state index contributed by atoms with van der Waals surface area (Å²) in [6, 6.07) is -0.803. The topological polar surface area (TPSA) is 149 Å². The summed E-state index contributed by atoms with van der Waals surface area (Å²) in [6.07, 6.45) is 65.3. The van der Waals surface area contributed by atoms with E-state index in [0.29, 0.717) is 6.42 Å². The maximum absolute atomic E-state index is 13.1. The molecule has 1 aliphatic heterocycles. The maximum Gasteiger partial charge on any atom is 0.220 e. The largest absolute Gasteiger partial charge is 0.394 e. The van der Waals surface area contributed by atoms with E-state index in [1.807, 2.05) is 6.08 Å². The third-order valence-electron chi connectivity index (χ3n) is 15.5. The Labute approximate surface area is 457 Å². The van der Waals surface area contributed by atoms with E-state index in [1.165, 1.54) is 250 Å². The van der Waals surface area contributed by atoms with Gasteiger partial charge in [0.05, 0.1) is 25.4 Å². The molecule has 0 aromatic carbocycles. The third kappa shape index (κ3) is 43.4. The Balaban J connectivity index is 2.08. The number of hydrogen-bond acceptors (Lipinski definition) is 8. The van der Waals surface area contributed by atoms with Gasteiger partial charge in [0.2, 0.25) is 5.91 Å². The highest BCUT2D eigenvalue weighted by molar-refractivity contribution is 5.76. The fourth-order valence-corrected chi connectivity index (χ4v) is 10.4. The molecule has 0 saturated carbocycles. The Morgan fingerprint density at radius 3 is 1.16 bits per heavy atom. The van der Waals surface area contributed by atoms with Gasteiger partial charge in [-0.05, 0) is 51.4 Å². The van der Waals surface area contributed by atoms with Crippen LogP contribution in [0.2, 0.25) is 0 Å². The van der Waals surface area contributed by atoms with E-state index in [1.54, 1.807) is 6.08 Å². The minimum atomic E-state index is -1.57. The number of rotatable bonds is 56. The molecule has 0 bridgehead atoms. The number of ether oxygens (including phenoxy) is 2. The molecule has 436 valence electrons. The molecular formula is C65H123NO8. The molecule has 1 aliphatic rings. The van der Waals surface area contributed by atoms with Crippen LogP contribution in [0.25, 0.3) is 0 Å². The highest BCUT2D eigenvalue weighted by Crippen LogP contribution is 2.23. The molecule has 0 radical (unpaired) electrons. The molecule has 1 amide bonds. The molecule has 0 aromatic rings. The molecule has 1 rings (SSSR count). The predicted molar refractivity (Wildman–Crippen MR) is 313 cm³/mol. The smallest absolute Gasteiger partial charge is 0.220 e. The Hall–Kier alpha value is -1.59. The van der Waals surface area contributed by atoms with Crippen LogP contribution < -0.4 is 5.32 Å². The van der Waals surface area contributed by atoms with Gasteiger partial charge in [0.15, 0.2) is 6.29 Å². The zero-order valence-corrected chi connectivity index (χ0v) is 48.6. The van der Waals surface area contributed by atoms with Gasteiger partial charge in [-0.3, -0.25) is 4.79 Å². The highest BCUT2D eigenvalue weighted by Gasteiger charge is 2.44. The molecule has 7 atom stereocenters. The summed E-state index contributed by atoms with van der Waals surface area (Å²) in [4.78, 5) is 13.1. The zero-order chi connectivity index (χ0) is 53.6. The van der Waals surface area contributed by atoms with Crippen molar-refractivity contribution < 1.29 is 39.8 Å². The average Bonchev–Trinajstić information content (AvgIpc) is 3.40. The molecule has 9 nitrogen and oxygen atoms in total. The summed E-state index contributed by atoms with van der Waals surface area (Å²) in [5.74, 6) is -0.171. The number of unbranched alkanes of at least 4 members (excludes halogenated alkanes) is 42. The molecule has 0 aromatic heterocycles. The summed E-state index contributed by atoms with van der Waals surface area (Å²) < 4.78 is 11.3. The van der Waals surface area contributed by atoms with E-state index in [2.05, 4.69) is 43.5 Å². The van der Waals surface area contributed by atoms with Gasteiger partial charge in [0.25, 0.3) is 0 Å². The maximum atomic E-state index is 13.1. The predicted octanol–water partition coefficient (Wildman–Crippen LogP) is 16.7. The van der Waals surface area contributed by atoms with Crippen molar-refractivity contribution in [2.24, 2.45) is 0 Å². The number of carbonyl (C=O) groups excluding carboxylic acids is 1. The van der Waals surface area contributed by atoms with E-state index >= 15 is 0 Å². The van der Waals surface area contributed by atoms with E-state index < -0.39 is 49.5 Å². The van der Waals surface area contributed by atoms with Crippen LogP contribution in [-0.4, -0.2) is 87.5 Å². The first-order valence-electron chi connectivity index (χ1n) is 32.2. The van der Waals surface area contributed by atoms with Crippen LogP contribution in [0.3, 0.4) is 0 Å². The highest BCUT2D eigenvalue weighted by atomic mass is 16.7. The number of aliphatic hydroxyl groups excluding tert-OH is 5. The summed E-state index contributed by atoms with van der Waals surface area (Å²) in [5.41, 5.74) is 0. The van der Waals surface area contributed by atoms with Crippen LogP contribution in [-0.2, 0) is 14.3 Å². The van der Waals surface area contributed by atoms with E-state index in [4.69, 9.17) is 9.47 Å². The molecule has 74 heavy (non-hydrogen) atoms. The summed E-state index contributed by atoms with van der Waals surface area (Å²) >= 11 is 0. The van der Waals surface area contributed by atoms with Gasteiger partial charge in [0.1, 0.15) is 24.4 Å². The van der Waals surface area contributed by atoms with Crippen LogP contribution in [0, 0.1) is 0 Å². The second-order valence-electron chi connectivity index (χ2n) is 22.6. The van der Waals surface area contributed by atoms with Crippen molar-refractivity contribution in [3.8, 4) is 0 Å². The SMILES string of the molecule is CCCCCCC/C=C\C/C=C\CCCCCCCCCCCCCCCCCCCCCCCCCC(=O)NC(COC1OC(CO)C(O)C(O)C1O)C(O)/C=C/CCCCCCCCCCCCCCCC. The molecule has 1 saturated heterocycles. The number of nitrogens with one attached hydrogen (secondary N) is 1. The van der Waals surface area contributed by atoms with E-state index in [0.717, 1.165) is 44.9 Å². The molecule has 0 aliphatic carbocycles. The van der Waals surface area contributed by atoms with Gasteiger partial charge < -0.3 is 40.3 Å². The Kier molecular flexibility index (Phi) is 52.1. The minimum Gasteiger partial charge on any atom is -0.394 e. The molecule has 0 spiro atoms. The monoisotopic (exact) mass is 1050 g/mol. The lowest BCUT2D eigenvalue weighted by molar-refractivity contribution is -0.302. The van der Waals surface area contributed by atoms with Crippen LogP contribution >= 0.6 is 0 Å². The lowest BCUT2D eigenvalue weighted by Gasteiger charge is -2.40. The quantitative estimate of drug-likeness (QED) is 0.0261. The van der Waals surface area contributed by atoms with Crippen molar-refractivity contribution in [2.75, 3.05) is 13.2 Å². The van der Waals surface area contributed by atoms with Gasteiger partial charge in [-0.2, -0.15) is 0 Å². The molecular weight excluding hydrogens is 923 g/mol. The lowest BCUT2D eigenvalue weighted by atomic mass is 9.99.